The predicted molar refractivity (Wildman–Crippen MR) is 115 cm³/mol. The van der Waals surface area contributed by atoms with Gasteiger partial charge in [-0.25, -0.2) is 14.1 Å². The number of nitrogens with zero attached hydrogens (tertiary/aromatic N) is 3. The van der Waals surface area contributed by atoms with E-state index in [1.165, 1.54) is 25.0 Å². The van der Waals surface area contributed by atoms with Crippen LogP contribution in [0.1, 0.15) is 45.2 Å². The molecule has 5 rings (SSSR count). The van der Waals surface area contributed by atoms with Crippen LogP contribution < -0.4 is 0 Å². The van der Waals surface area contributed by atoms with E-state index in [0.717, 1.165) is 39.1 Å². The van der Waals surface area contributed by atoms with Crippen molar-refractivity contribution in [3.8, 4) is 22.4 Å². The first kappa shape index (κ1) is 18.0. The zero-order valence-corrected chi connectivity index (χ0v) is 17.0. The Labute approximate surface area is 170 Å². The summed E-state index contributed by atoms with van der Waals surface area (Å²) in [5.41, 5.74) is 5.86. The summed E-state index contributed by atoms with van der Waals surface area (Å²) in [5.74, 6) is 0.289. The molecule has 1 aliphatic carbocycles. The minimum absolute atomic E-state index is 0.208. The largest absolute Gasteiger partial charge is 0.241 e. The Morgan fingerprint density at radius 2 is 1.62 bits per heavy atom. The molecule has 3 nitrogen and oxygen atoms in total. The molecule has 4 aromatic rings. The van der Waals surface area contributed by atoms with E-state index in [1.807, 2.05) is 35.0 Å². The van der Waals surface area contributed by atoms with Gasteiger partial charge in [0.1, 0.15) is 11.5 Å². The zero-order valence-electron chi connectivity index (χ0n) is 17.0. The van der Waals surface area contributed by atoms with Gasteiger partial charge in [0.25, 0.3) is 0 Å². The molecule has 29 heavy (non-hydrogen) atoms. The number of fused-ring (bicyclic) bond motifs is 1. The summed E-state index contributed by atoms with van der Waals surface area (Å²) in [5, 5.41) is 6.07. The minimum Gasteiger partial charge on any atom is -0.241 e. The molecule has 2 aromatic carbocycles. The summed E-state index contributed by atoms with van der Waals surface area (Å²) in [7, 11) is 0. The second-order valence-corrected chi connectivity index (χ2v) is 8.87. The van der Waals surface area contributed by atoms with Crippen LogP contribution in [0.5, 0.6) is 0 Å². The molecule has 0 aliphatic heterocycles. The van der Waals surface area contributed by atoms with Crippen LogP contribution >= 0.6 is 0 Å². The lowest BCUT2D eigenvalue weighted by Gasteiger charge is -2.20. The van der Waals surface area contributed by atoms with Crippen LogP contribution in [-0.2, 0) is 5.54 Å². The third-order valence-corrected chi connectivity index (χ3v) is 5.49. The third-order valence-electron chi connectivity index (χ3n) is 5.49. The van der Waals surface area contributed by atoms with Crippen molar-refractivity contribution >= 4 is 11.0 Å². The van der Waals surface area contributed by atoms with Gasteiger partial charge in [-0.1, -0.05) is 42.5 Å². The quantitative estimate of drug-likeness (QED) is 0.401. The van der Waals surface area contributed by atoms with Crippen molar-refractivity contribution in [2.45, 2.75) is 45.1 Å². The molecule has 0 atom stereocenters. The van der Waals surface area contributed by atoms with Crippen LogP contribution in [0.3, 0.4) is 0 Å². The molecule has 0 bridgehead atoms. The lowest BCUT2D eigenvalue weighted by Crippen LogP contribution is -2.23. The van der Waals surface area contributed by atoms with E-state index in [2.05, 4.69) is 39.0 Å². The highest BCUT2D eigenvalue weighted by Crippen LogP contribution is 2.44. The molecule has 146 valence electrons. The first-order valence-corrected chi connectivity index (χ1v) is 10.2. The summed E-state index contributed by atoms with van der Waals surface area (Å²) in [4.78, 5) is 5.08. The lowest BCUT2D eigenvalue weighted by atomic mass is 9.97. The SMILES string of the molecule is CC(C)(C)n1nc(-c2ccccc2)c2c(-c3ccc(F)cc3)cc(C3CC3)nc21. The van der Waals surface area contributed by atoms with Crippen molar-refractivity contribution in [2.24, 2.45) is 0 Å². The van der Waals surface area contributed by atoms with Crippen molar-refractivity contribution in [1.82, 2.24) is 14.8 Å². The standard InChI is InChI=1S/C25H24FN3/c1-25(2,3)29-24-22(23(28-29)18-7-5-4-6-8-18)20(15-21(27-24)17-9-10-17)16-11-13-19(26)14-12-16/h4-8,11-15,17H,9-10H2,1-3H3. The van der Waals surface area contributed by atoms with E-state index in [9.17, 15) is 4.39 Å². The Kier molecular flexibility index (Phi) is 4.05. The van der Waals surface area contributed by atoms with Crippen molar-refractivity contribution in [1.29, 1.82) is 0 Å². The highest BCUT2D eigenvalue weighted by atomic mass is 19.1. The fourth-order valence-electron chi connectivity index (χ4n) is 3.85. The number of rotatable bonds is 3. The van der Waals surface area contributed by atoms with Gasteiger partial charge in [0, 0.05) is 17.2 Å². The molecule has 0 N–H and O–H groups in total. The second kappa shape index (κ2) is 6.51. The maximum Gasteiger partial charge on any atom is 0.159 e. The van der Waals surface area contributed by atoms with E-state index in [0.29, 0.717) is 5.92 Å². The molecule has 2 heterocycles. The Balaban J connectivity index is 1.89. The molecule has 2 aromatic heterocycles. The summed E-state index contributed by atoms with van der Waals surface area (Å²) in [6, 6.07) is 19.2. The summed E-state index contributed by atoms with van der Waals surface area (Å²) in [6.45, 7) is 6.45. The molecule has 0 saturated heterocycles. The molecule has 0 unspecified atom stereocenters. The van der Waals surface area contributed by atoms with E-state index in [1.54, 1.807) is 0 Å². The number of pyridine rings is 1. The van der Waals surface area contributed by atoms with Gasteiger partial charge in [-0.3, -0.25) is 0 Å². The van der Waals surface area contributed by atoms with Crippen molar-refractivity contribution in [2.75, 3.05) is 0 Å². The van der Waals surface area contributed by atoms with Gasteiger partial charge in [0.05, 0.1) is 10.9 Å². The second-order valence-electron chi connectivity index (χ2n) is 8.87. The highest BCUT2D eigenvalue weighted by Gasteiger charge is 2.30. The summed E-state index contributed by atoms with van der Waals surface area (Å²) < 4.78 is 15.7. The molecule has 0 spiro atoms. The van der Waals surface area contributed by atoms with Crippen LogP contribution in [0.2, 0.25) is 0 Å². The van der Waals surface area contributed by atoms with E-state index in [4.69, 9.17) is 10.1 Å². The maximum atomic E-state index is 13.6. The van der Waals surface area contributed by atoms with Crippen molar-refractivity contribution in [3.05, 3.63) is 72.2 Å². The summed E-state index contributed by atoms with van der Waals surface area (Å²) in [6.07, 6.45) is 2.35. The van der Waals surface area contributed by atoms with Gasteiger partial charge in [-0.15, -0.1) is 0 Å². The smallest absolute Gasteiger partial charge is 0.159 e. The minimum atomic E-state index is -0.227. The number of benzene rings is 2. The fourth-order valence-corrected chi connectivity index (χ4v) is 3.85. The first-order valence-electron chi connectivity index (χ1n) is 10.2. The molecular weight excluding hydrogens is 361 g/mol. The Morgan fingerprint density at radius 3 is 2.24 bits per heavy atom. The van der Waals surface area contributed by atoms with Gasteiger partial charge >= 0.3 is 0 Å². The van der Waals surface area contributed by atoms with E-state index in [-0.39, 0.29) is 11.4 Å². The van der Waals surface area contributed by atoms with Gasteiger partial charge in [0.2, 0.25) is 0 Å². The highest BCUT2D eigenvalue weighted by molar-refractivity contribution is 6.03. The van der Waals surface area contributed by atoms with Crippen LogP contribution in [0.25, 0.3) is 33.4 Å². The first-order chi connectivity index (χ1) is 13.9. The van der Waals surface area contributed by atoms with Crippen LogP contribution in [0.15, 0.2) is 60.7 Å². The van der Waals surface area contributed by atoms with Crippen molar-refractivity contribution < 1.29 is 4.39 Å². The number of hydrogen-bond donors (Lipinski definition) is 0. The average molecular weight is 385 g/mol. The summed E-state index contributed by atoms with van der Waals surface area (Å²) >= 11 is 0. The molecule has 0 radical (unpaired) electrons. The number of aromatic nitrogens is 3. The Bertz CT molecular complexity index is 1180. The number of halogens is 1. The Morgan fingerprint density at radius 1 is 0.931 bits per heavy atom. The van der Waals surface area contributed by atoms with Crippen LogP contribution in [-0.4, -0.2) is 14.8 Å². The van der Waals surface area contributed by atoms with Gasteiger partial charge in [-0.05, 0) is 62.9 Å². The molecule has 4 heteroatoms. The van der Waals surface area contributed by atoms with Gasteiger partial charge < -0.3 is 0 Å². The zero-order chi connectivity index (χ0) is 20.2. The maximum absolute atomic E-state index is 13.6. The van der Waals surface area contributed by atoms with Gasteiger partial charge in [-0.2, -0.15) is 5.10 Å². The molecular formula is C25H24FN3. The molecule has 1 saturated carbocycles. The lowest BCUT2D eigenvalue weighted by molar-refractivity contribution is 0.366. The van der Waals surface area contributed by atoms with Crippen molar-refractivity contribution in [3.63, 3.8) is 0 Å². The fraction of sp³-hybridized carbons (Fsp3) is 0.280. The normalized spacial score (nSPS) is 14.5. The monoisotopic (exact) mass is 385 g/mol. The van der Waals surface area contributed by atoms with E-state index < -0.39 is 0 Å². The van der Waals surface area contributed by atoms with Gasteiger partial charge in [0.15, 0.2) is 5.65 Å². The van der Waals surface area contributed by atoms with Crippen LogP contribution in [0.4, 0.5) is 4.39 Å². The molecule has 1 fully saturated rings. The predicted octanol–water partition coefficient (Wildman–Crippen LogP) is 6.54. The average Bonchev–Trinajstić information content (AvgIpc) is 3.48. The van der Waals surface area contributed by atoms with Crippen LogP contribution in [0, 0.1) is 5.82 Å². The third kappa shape index (κ3) is 3.23. The van der Waals surface area contributed by atoms with E-state index >= 15 is 0 Å². The molecule has 0 amide bonds. The Hall–Kier alpha value is -3.01. The topological polar surface area (TPSA) is 30.7 Å². The number of hydrogen-bond acceptors (Lipinski definition) is 2. The molecule has 1 aliphatic rings.